The number of fused-ring (bicyclic) bond motifs is 3. The average molecular weight is 380 g/mol. The summed E-state index contributed by atoms with van der Waals surface area (Å²) in [6.07, 6.45) is 0. The number of nitriles is 2. The van der Waals surface area contributed by atoms with Crippen molar-refractivity contribution in [3.63, 3.8) is 0 Å². The van der Waals surface area contributed by atoms with Gasteiger partial charge in [0.25, 0.3) is 0 Å². The van der Waals surface area contributed by atoms with Gasteiger partial charge in [-0.25, -0.2) is 4.98 Å². The molecule has 0 bridgehead atoms. The Balaban J connectivity index is 1.94. The Bertz CT molecular complexity index is 1260. The van der Waals surface area contributed by atoms with Gasteiger partial charge in [0.2, 0.25) is 0 Å². The van der Waals surface area contributed by atoms with Crippen LogP contribution in [-0.2, 0) is 0 Å². The first-order chi connectivity index (χ1) is 14.3. The van der Waals surface area contributed by atoms with Crippen LogP contribution in [0.4, 0.5) is 5.82 Å². The minimum absolute atomic E-state index is 0.517. The Morgan fingerprint density at radius 3 is 2.52 bits per heavy atom. The maximum absolute atomic E-state index is 9.95. The predicted octanol–water partition coefficient (Wildman–Crippen LogP) is 3.92. The van der Waals surface area contributed by atoms with Gasteiger partial charge in [0.1, 0.15) is 17.5 Å². The third-order valence-corrected chi connectivity index (χ3v) is 4.87. The number of aromatic nitrogens is 2. The highest BCUT2D eigenvalue weighted by molar-refractivity contribution is 5.89. The van der Waals surface area contributed by atoms with Gasteiger partial charge in [0.05, 0.1) is 22.7 Å². The fourth-order valence-electron chi connectivity index (χ4n) is 3.48. The summed E-state index contributed by atoms with van der Waals surface area (Å²) in [4.78, 5) is 4.74. The largest absolute Gasteiger partial charge is 0.370 e. The normalized spacial score (nSPS) is 10.7. The summed E-state index contributed by atoms with van der Waals surface area (Å²) in [5.74, 6) is 0.880. The summed E-state index contributed by atoms with van der Waals surface area (Å²) in [7, 11) is 0. The van der Waals surface area contributed by atoms with E-state index in [1.165, 1.54) is 0 Å². The van der Waals surface area contributed by atoms with Crippen LogP contribution in [0.25, 0.3) is 27.8 Å². The maximum Gasteiger partial charge on any atom is 0.158 e. The lowest BCUT2D eigenvalue weighted by Crippen LogP contribution is -2.22. The zero-order valence-corrected chi connectivity index (χ0v) is 16.1. The molecule has 0 saturated carbocycles. The number of para-hydroxylation sites is 2. The first-order valence-corrected chi connectivity index (χ1v) is 9.56. The molecule has 2 aromatic carbocycles. The van der Waals surface area contributed by atoms with Gasteiger partial charge < -0.3 is 10.6 Å². The number of anilines is 1. The lowest BCUT2D eigenvalue weighted by molar-refractivity contribution is 0.737. The lowest BCUT2D eigenvalue weighted by Gasteiger charge is -2.14. The summed E-state index contributed by atoms with van der Waals surface area (Å²) in [6.45, 7) is 4.56. The van der Waals surface area contributed by atoms with Crippen LogP contribution in [0.2, 0.25) is 0 Å². The molecule has 0 aliphatic carbocycles. The molecule has 142 valence electrons. The molecule has 0 unspecified atom stereocenters. The highest BCUT2D eigenvalue weighted by Gasteiger charge is 2.17. The van der Waals surface area contributed by atoms with Gasteiger partial charge >= 0.3 is 0 Å². The van der Waals surface area contributed by atoms with Crippen LogP contribution in [0.1, 0.15) is 18.1 Å². The number of benzene rings is 2. The fraction of sp³-hybridized carbons (Fsp3) is 0.174. The molecule has 4 rings (SSSR count). The smallest absolute Gasteiger partial charge is 0.158 e. The Hall–Kier alpha value is -3.87. The second-order valence-electron chi connectivity index (χ2n) is 6.66. The van der Waals surface area contributed by atoms with E-state index in [0.717, 1.165) is 47.6 Å². The number of likely N-dealkylation sites (N-methyl/N-ethyl adjacent to an activating group) is 1. The van der Waals surface area contributed by atoms with Gasteiger partial charge in [0.15, 0.2) is 5.65 Å². The van der Waals surface area contributed by atoms with E-state index in [1.54, 1.807) is 12.1 Å². The zero-order chi connectivity index (χ0) is 20.2. The number of pyridine rings is 1. The Kier molecular flexibility index (Phi) is 5.11. The van der Waals surface area contributed by atoms with E-state index in [9.17, 15) is 5.26 Å². The minimum Gasteiger partial charge on any atom is -0.370 e. The average Bonchev–Trinajstić information content (AvgIpc) is 3.16. The minimum atomic E-state index is 0.517. The quantitative estimate of drug-likeness (QED) is 0.495. The van der Waals surface area contributed by atoms with Crippen molar-refractivity contribution in [3.05, 3.63) is 65.7 Å². The molecule has 29 heavy (non-hydrogen) atoms. The molecule has 4 aromatic rings. The molecule has 0 amide bonds. The van der Waals surface area contributed by atoms with Gasteiger partial charge in [-0.3, -0.25) is 4.40 Å². The molecule has 0 saturated heterocycles. The molecule has 0 aliphatic rings. The molecule has 2 aromatic heterocycles. The fourth-order valence-corrected chi connectivity index (χ4v) is 3.48. The van der Waals surface area contributed by atoms with Crippen molar-refractivity contribution in [2.24, 2.45) is 0 Å². The number of rotatable bonds is 6. The number of imidazole rings is 1. The van der Waals surface area contributed by atoms with E-state index < -0.39 is 0 Å². The van der Waals surface area contributed by atoms with Gasteiger partial charge in [-0.2, -0.15) is 10.5 Å². The van der Waals surface area contributed by atoms with E-state index in [0.29, 0.717) is 16.8 Å². The topological polar surface area (TPSA) is 88.9 Å². The standard InChI is InChI=1S/C23H20N6/c1-2-26-11-12-27-22-13-18(17-9-7-16(14-24)8-10-17)19(15-25)23-28-20-5-3-4-6-21(20)29(22)23/h3-10,13,26-27H,2,11-12H2,1H3. The third-order valence-electron chi connectivity index (χ3n) is 4.87. The number of nitrogens with one attached hydrogen (secondary N) is 2. The molecule has 2 N–H and O–H groups in total. The highest BCUT2D eigenvalue weighted by Crippen LogP contribution is 2.32. The van der Waals surface area contributed by atoms with Gasteiger partial charge in [-0.05, 0) is 42.4 Å². The lowest BCUT2D eigenvalue weighted by atomic mass is 10.0. The van der Waals surface area contributed by atoms with Crippen LogP contribution >= 0.6 is 0 Å². The van der Waals surface area contributed by atoms with E-state index in [-0.39, 0.29) is 0 Å². The van der Waals surface area contributed by atoms with E-state index in [1.807, 2.05) is 46.9 Å². The van der Waals surface area contributed by atoms with Crippen LogP contribution < -0.4 is 10.6 Å². The van der Waals surface area contributed by atoms with Gasteiger partial charge in [-0.15, -0.1) is 0 Å². The second kappa shape index (κ2) is 8.02. The van der Waals surface area contributed by atoms with Gasteiger partial charge in [-0.1, -0.05) is 31.2 Å². The van der Waals surface area contributed by atoms with Crippen molar-refractivity contribution >= 4 is 22.5 Å². The first kappa shape index (κ1) is 18.5. The molecule has 0 aliphatic heterocycles. The van der Waals surface area contributed by atoms with Crippen LogP contribution in [0.15, 0.2) is 54.6 Å². The summed E-state index contributed by atoms with van der Waals surface area (Å²) >= 11 is 0. The molecule has 0 fully saturated rings. The summed E-state index contributed by atoms with van der Waals surface area (Å²) in [5, 5.41) is 25.8. The molecule has 0 radical (unpaired) electrons. The van der Waals surface area contributed by atoms with Crippen LogP contribution in [-0.4, -0.2) is 29.0 Å². The van der Waals surface area contributed by atoms with E-state index in [4.69, 9.17) is 10.2 Å². The monoisotopic (exact) mass is 380 g/mol. The van der Waals surface area contributed by atoms with Crippen LogP contribution in [0.5, 0.6) is 0 Å². The zero-order valence-electron chi connectivity index (χ0n) is 16.1. The molecular weight excluding hydrogens is 360 g/mol. The summed E-state index contributed by atoms with van der Waals surface area (Å²) in [5.41, 5.74) is 5.20. The van der Waals surface area contributed by atoms with Crippen LogP contribution in [0.3, 0.4) is 0 Å². The van der Waals surface area contributed by atoms with Crippen molar-refractivity contribution < 1.29 is 0 Å². The maximum atomic E-state index is 9.95. The van der Waals surface area contributed by atoms with Crippen molar-refractivity contribution in [1.82, 2.24) is 14.7 Å². The Morgan fingerprint density at radius 2 is 1.79 bits per heavy atom. The highest BCUT2D eigenvalue weighted by atomic mass is 15.1. The molecule has 6 heteroatoms. The van der Waals surface area contributed by atoms with Crippen molar-refractivity contribution in [1.29, 1.82) is 10.5 Å². The molecule has 2 heterocycles. The summed E-state index contributed by atoms with van der Waals surface area (Å²) in [6, 6.07) is 21.6. The first-order valence-electron chi connectivity index (χ1n) is 9.56. The number of hydrogen-bond donors (Lipinski definition) is 2. The molecule has 0 atom stereocenters. The Labute approximate surface area is 169 Å². The van der Waals surface area contributed by atoms with Crippen molar-refractivity contribution in [2.75, 3.05) is 25.0 Å². The third kappa shape index (κ3) is 3.38. The predicted molar refractivity (Wildman–Crippen MR) is 115 cm³/mol. The summed E-state index contributed by atoms with van der Waals surface area (Å²) < 4.78 is 2.01. The second-order valence-corrected chi connectivity index (χ2v) is 6.66. The molecular formula is C23H20N6. The van der Waals surface area contributed by atoms with Crippen molar-refractivity contribution in [3.8, 4) is 23.3 Å². The molecule has 6 nitrogen and oxygen atoms in total. The number of nitrogens with zero attached hydrogens (tertiary/aromatic N) is 4. The van der Waals surface area contributed by atoms with Crippen LogP contribution in [0, 0.1) is 22.7 Å². The van der Waals surface area contributed by atoms with E-state index >= 15 is 0 Å². The van der Waals surface area contributed by atoms with Crippen molar-refractivity contribution in [2.45, 2.75) is 6.92 Å². The SMILES string of the molecule is CCNCCNc1cc(-c2ccc(C#N)cc2)c(C#N)c2nc3ccccc3n12. The number of hydrogen-bond acceptors (Lipinski definition) is 5. The van der Waals surface area contributed by atoms with E-state index in [2.05, 4.69) is 29.7 Å². The molecule has 0 spiro atoms. The Morgan fingerprint density at radius 1 is 1.00 bits per heavy atom. The van der Waals surface area contributed by atoms with Gasteiger partial charge in [0, 0.05) is 18.7 Å².